The smallest absolute Gasteiger partial charge is 0.178 e. The van der Waals surface area contributed by atoms with Crippen molar-refractivity contribution < 1.29 is 33.6 Å². The second-order valence-corrected chi connectivity index (χ2v) is 19.6. The number of carbonyl (C=O) groups is 1. The first-order valence-corrected chi connectivity index (χ1v) is 19.3. The zero-order valence-electron chi connectivity index (χ0n) is 31.5. The second-order valence-electron chi connectivity index (χ2n) is 19.6. The van der Waals surface area contributed by atoms with E-state index >= 15 is 0 Å². The van der Waals surface area contributed by atoms with Crippen molar-refractivity contribution in [3.8, 4) is 0 Å². The molecule has 8 nitrogen and oxygen atoms in total. The molecule has 270 valence electrons. The monoisotopic (exact) mass is 685 g/mol. The quantitative estimate of drug-likeness (QED) is 0.250. The Bertz CT molecular complexity index is 1900. The van der Waals surface area contributed by atoms with Crippen molar-refractivity contribution in [2.45, 2.75) is 172 Å². The topological polar surface area (TPSA) is 103 Å². The Kier molecular flexibility index (Phi) is 6.09. The summed E-state index contributed by atoms with van der Waals surface area (Å²) in [6, 6.07) is 4.19. The Hall–Kier alpha value is -2.07. The molecule has 4 saturated heterocycles. The van der Waals surface area contributed by atoms with Crippen molar-refractivity contribution in [1.82, 2.24) is 4.98 Å². The molecular formula is C42H55NO7. The van der Waals surface area contributed by atoms with Crippen LogP contribution in [0, 0.1) is 23.2 Å². The van der Waals surface area contributed by atoms with Crippen LogP contribution in [0.2, 0.25) is 0 Å². The Morgan fingerprint density at radius 3 is 2.38 bits per heavy atom. The summed E-state index contributed by atoms with van der Waals surface area (Å²) in [5.41, 5.74) is 2.69. The van der Waals surface area contributed by atoms with E-state index in [-0.39, 0.29) is 53.1 Å². The Morgan fingerprint density at radius 2 is 1.64 bits per heavy atom. The minimum absolute atomic E-state index is 0.123. The fraction of sp³-hybridized carbons (Fsp3) is 0.738. The maximum Gasteiger partial charge on any atom is 0.178 e. The van der Waals surface area contributed by atoms with E-state index in [1.54, 1.807) is 0 Å². The molecule has 10 rings (SSSR count). The maximum atomic E-state index is 14.3. The van der Waals surface area contributed by atoms with Gasteiger partial charge in [-0.2, -0.15) is 0 Å². The standard InChI is InChI=1S/C42H55NO7/c1-20(2)17-28-47-32-34(38(7,8)48-28)46-27-14-15-39(9)40(10)21(13-16-41(39,45)42(27)35(32)49-42)18-24-29-23-19-25-30(37(5,6)50-36(25,3)4)31(44)22(23)11-12-26(29)43-33(24)40/h11-12,17,21,25,27-28,30,32,34-35,43,45H,13-16,18-19H2,1-10H3/t21?,25-,27?,28+,30+,32-,34+,35+,39-,40-,41+,42+/m1/s1. The summed E-state index contributed by atoms with van der Waals surface area (Å²) in [5.74, 6) is 0.568. The Morgan fingerprint density at radius 1 is 0.880 bits per heavy atom. The predicted octanol–water partition coefficient (Wildman–Crippen LogP) is 6.87. The van der Waals surface area contributed by atoms with Crippen molar-refractivity contribution in [1.29, 1.82) is 0 Å². The predicted molar refractivity (Wildman–Crippen MR) is 188 cm³/mol. The molecule has 2 aromatic rings. The van der Waals surface area contributed by atoms with E-state index in [4.69, 9.17) is 23.7 Å². The molecule has 1 aromatic carbocycles. The lowest BCUT2D eigenvalue weighted by molar-refractivity contribution is -0.343. The van der Waals surface area contributed by atoms with Gasteiger partial charge in [0, 0.05) is 38.9 Å². The molecule has 2 N–H and O–H groups in total. The first-order valence-electron chi connectivity index (χ1n) is 19.3. The first kappa shape index (κ1) is 32.6. The number of carbonyl (C=O) groups excluding carboxylic acids is 1. The van der Waals surface area contributed by atoms with E-state index in [1.807, 2.05) is 6.08 Å². The van der Waals surface area contributed by atoms with Crippen LogP contribution in [-0.2, 0) is 41.9 Å². The van der Waals surface area contributed by atoms with Gasteiger partial charge in [-0.25, -0.2) is 0 Å². The van der Waals surface area contributed by atoms with Crippen LogP contribution < -0.4 is 0 Å². The highest BCUT2D eigenvalue weighted by atomic mass is 16.8. The van der Waals surface area contributed by atoms with Gasteiger partial charge < -0.3 is 33.8 Å². The number of aromatic amines is 1. The molecule has 4 aliphatic carbocycles. The number of hydrogen-bond acceptors (Lipinski definition) is 7. The molecule has 8 heteroatoms. The zero-order chi connectivity index (χ0) is 35.3. The number of fused-ring (bicyclic) bond motifs is 12. The number of aromatic nitrogens is 1. The normalized spacial score (nSPS) is 48.3. The minimum atomic E-state index is -1.11. The fourth-order valence-corrected chi connectivity index (χ4v) is 13.6. The SMILES string of the molecule is CC(C)=C[C@H]1O[C@@H]2[C@H](OC3CC[C@@]4(C)[C@@](O)(CCC5Cc6c([nH]c7ccc8c(c67)C[C@@H]6[C@@H](C8=O)C(C)(C)OC6(C)C)[C@@]54C)[C@]34O[C@@H]24)C(C)(C)O1. The average Bonchev–Trinajstić information content (AvgIpc) is 3.51. The van der Waals surface area contributed by atoms with Crippen LogP contribution in [0.5, 0.6) is 0 Å². The summed E-state index contributed by atoms with van der Waals surface area (Å²) in [6.07, 6.45) is 5.41. The molecule has 4 aliphatic heterocycles. The molecule has 0 amide bonds. The van der Waals surface area contributed by atoms with E-state index < -0.39 is 34.1 Å². The maximum absolute atomic E-state index is 14.3. The third-order valence-electron chi connectivity index (χ3n) is 15.9. The van der Waals surface area contributed by atoms with Gasteiger partial charge >= 0.3 is 0 Å². The highest BCUT2D eigenvalue weighted by molar-refractivity contribution is 6.06. The Labute approximate surface area is 296 Å². The number of benzene rings is 1. The molecule has 0 bridgehead atoms. The van der Waals surface area contributed by atoms with E-state index in [9.17, 15) is 9.90 Å². The van der Waals surface area contributed by atoms with Crippen LogP contribution in [0.4, 0.5) is 0 Å². The summed E-state index contributed by atoms with van der Waals surface area (Å²) < 4.78 is 33.4. The number of allylic oxidation sites excluding steroid dienone is 1. The van der Waals surface area contributed by atoms with Crippen LogP contribution in [0.25, 0.3) is 10.9 Å². The van der Waals surface area contributed by atoms with E-state index in [1.165, 1.54) is 22.2 Å². The van der Waals surface area contributed by atoms with Gasteiger partial charge in [0.25, 0.3) is 0 Å². The summed E-state index contributed by atoms with van der Waals surface area (Å²) >= 11 is 0. The van der Waals surface area contributed by atoms with Crippen LogP contribution in [0.3, 0.4) is 0 Å². The highest BCUT2D eigenvalue weighted by Crippen LogP contribution is 2.75. The number of nitrogens with one attached hydrogen (secondary N) is 1. The van der Waals surface area contributed by atoms with Crippen LogP contribution >= 0.6 is 0 Å². The van der Waals surface area contributed by atoms with Crippen molar-refractivity contribution in [3.63, 3.8) is 0 Å². The van der Waals surface area contributed by atoms with E-state index in [0.29, 0.717) is 12.3 Å². The van der Waals surface area contributed by atoms with Gasteiger partial charge in [-0.3, -0.25) is 4.79 Å². The molecule has 5 heterocycles. The molecule has 6 fully saturated rings. The minimum Gasteiger partial charge on any atom is -0.386 e. The molecule has 12 atom stereocenters. The van der Waals surface area contributed by atoms with E-state index in [2.05, 4.69) is 86.4 Å². The summed E-state index contributed by atoms with van der Waals surface area (Å²) in [4.78, 5) is 18.2. The lowest BCUT2D eigenvalue weighted by Gasteiger charge is -2.66. The lowest BCUT2D eigenvalue weighted by atomic mass is 9.40. The number of H-pyrrole nitrogens is 1. The van der Waals surface area contributed by atoms with E-state index in [0.717, 1.165) is 48.8 Å². The zero-order valence-corrected chi connectivity index (χ0v) is 31.5. The molecule has 1 aromatic heterocycles. The summed E-state index contributed by atoms with van der Waals surface area (Å²) in [6.45, 7) is 21.5. The van der Waals surface area contributed by atoms with Crippen LogP contribution in [0.15, 0.2) is 23.8 Å². The van der Waals surface area contributed by atoms with Crippen molar-refractivity contribution in [2.24, 2.45) is 23.2 Å². The summed E-state index contributed by atoms with van der Waals surface area (Å²) in [5, 5.41) is 14.7. The van der Waals surface area contributed by atoms with Crippen molar-refractivity contribution >= 4 is 16.7 Å². The fourth-order valence-electron chi connectivity index (χ4n) is 13.6. The highest BCUT2D eigenvalue weighted by Gasteiger charge is 2.87. The number of rotatable bonds is 1. The van der Waals surface area contributed by atoms with Gasteiger partial charge in [0.15, 0.2) is 17.7 Å². The second kappa shape index (κ2) is 9.34. The van der Waals surface area contributed by atoms with Crippen LogP contribution in [0.1, 0.15) is 122 Å². The number of Topliss-reactive ketones (excluding diaryl/α,β-unsaturated/α-hetero) is 1. The number of ketones is 1. The molecule has 0 radical (unpaired) electrons. The first-order chi connectivity index (χ1) is 23.3. The molecular weight excluding hydrogens is 630 g/mol. The molecule has 2 saturated carbocycles. The van der Waals surface area contributed by atoms with Gasteiger partial charge in [-0.1, -0.05) is 19.4 Å². The average molecular weight is 686 g/mol. The largest absolute Gasteiger partial charge is 0.386 e. The third kappa shape index (κ3) is 3.54. The van der Waals surface area contributed by atoms with Gasteiger partial charge in [-0.05, 0) is 129 Å². The number of hydrogen-bond donors (Lipinski definition) is 2. The van der Waals surface area contributed by atoms with Crippen LogP contribution in [-0.4, -0.2) is 74.6 Å². The molecule has 1 spiro atoms. The van der Waals surface area contributed by atoms with Gasteiger partial charge in [-0.15, -0.1) is 0 Å². The number of epoxide rings is 1. The van der Waals surface area contributed by atoms with Gasteiger partial charge in [0.05, 0.1) is 28.8 Å². The van der Waals surface area contributed by atoms with Gasteiger partial charge in [0.2, 0.25) is 0 Å². The molecule has 50 heavy (non-hydrogen) atoms. The van der Waals surface area contributed by atoms with Crippen molar-refractivity contribution in [2.75, 3.05) is 0 Å². The van der Waals surface area contributed by atoms with Gasteiger partial charge in [0.1, 0.15) is 23.9 Å². The summed E-state index contributed by atoms with van der Waals surface area (Å²) in [7, 11) is 0. The molecule has 8 aliphatic rings. The number of aliphatic hydroxyl groups is 1. The number of ether oxygens (including phenoxy) is 5. The van der Waals surface area contributed by atoms with Crippen molar-refractivity contribution in [3.05, 3.63) is 46.2 Å². The molecule has 2 unspecified atom stereocenters. The third-order valence-corrected chi connectivity index (χ3v) is 15.9. The Balaban J connectivity index is 1.07. The lowest BCUT2D eigenvalue weighted by Crippen LogP contribution is -2.77.